The summed E-state index contributed by atoms with van der Waals surface area (Å²) in [5.74, 6) is -0.120. The Bertz CT molecular complexity index is 542. The molecule has 2 aromatic heterocycles. The number of hydrogen-bond acceptors (Lipinski definition) is 3. The maximum atomic E-state index is 11.9. The quantitative estimate of drug-likeness (QED) is 0.873. The molecule has 96 valence electrons. The first-order valence-electron chi connectivity index (χ1n) is 5.83. The van der Waals surface area contributed by atoms with E-state index in [0.29, 0.717) is 12.2 Å². The van der Waals surface area contributed by atoms with E-state index >= 15 is 0 Å². The fourth-order valence-electron chi connectivity index (χ4n) is 1.67. The fraction of sp³-hybridized carbons (Fsp3) is 0.417. The number of carbonyl (C=O) groups excluding carboxylic acids is 1. The number of nitrogens with one attached hydrogen (secondary N) is 1. The lowest BCUT2D eigenvalue weighted by Crippen LogP contribution is -2.30. The van der Waals surface area contributed by atoms with Crippen LogP contribution in [-0.2, 0) is 7.05 Å². The van der Waals surface area contributed by atoms with Crippen molar-refractivity contribution in [3.8, 4) is 0 Å². The summed E-state index contributed by atoms with van der Waals surface area (Å²) in [5.41, 5.74) is 1.67. The van der Waals surface area contributed by atoms with Gasteiger partial charge in [0.25, 0.3) is 5.91 Å². The fourth-order valence-corrected chi connectivity index (χ4v) is 1.67. The van der Waals surface area contributed by atoms with Crippen molar-refractivity contribution in [3.05, 3.63) is 36.2 Å². The van der Waals surface area contributed by atoms with Crippen LogP contribution in [0.4, 0.5) is 0 Å². The molecule has 1 N–H and O–H groups in total. The van der Waals surface area contributed by atoms with Crippen LogP contribution in [0.15, 0.2) is 24.9 Å². The van der Waals surface area contributed by atoms with Crippen LogP contribution in [0.5, 0.6) is 0 Å². The van der Waals surface area contributed by atoms with Gasteiger partial charge in [0.15, 0.2) is 0 Å². The van der Waals surface area contributed by atoms with Crippen molar-refractivity contribution in [3.63, 3.8) is 0 Å². The van der Waals surface area contributed by atoms with Gasteiger partial charge in [0, 0.05) is 19.8 Å². The van der Waals surface area contributed by atoms with Crippen LogP contribution < -0.4 is 5.32 Å². The summed E-state index contributed by atoms with van der Waals surface area (Å²) >= 11 is 0. The number of nitrogens with zero attached hydrogens (tertiary/aromatic N) is 4. The molecule has 0 aliphatic rings. The topological polar surface area (TPSA) is 64.7 Å². The Hall–Kier alpha value is -2.11. The third-order valence-electron chi connectivity index (χ3n) is 2.79. The highest BCUT2D eigenvalue weighted by atomic mass is 16.1. The predicted octanol–water partition coefficient (Wildman–Crippen LogP) is 0.916. The molecule has 0 saturated heterocycles. The van der Waals surface area contributed by atoms with Gasteiger partial charge >= 0.3 is 0 Å². The Morgan fingerprint density at radius 2 is 2.28 bits per heavy atom. The van der Waals surface area contributed by atoms with Crippen molar-refractivity contribution < 1.29 is 4.79 Å². The largest absolute Gasteiger partial charge is 0.349 e. The Morgan fingerprint density at radius 3 is 2.83 bits per heavy atom. The maximum absolute atomic E-state index is 11.9. The van der Waals surface area contributed by atoms with E-state index in [2.05, 4.69) is 15.4 Å². The zero-order chi connectivity index (χ0) is 13.1. The smallest absolute Gasteiger partial charge is 0.269 e. The number of amides is 1. The molecule has 0 fully saturated rings. The maximum Gasteiger partial charge on any atom is 0.269 e. The lowest BCUT2D eigenvalue weighted by atomic mass is 10.3. The van der Waals surface area contributed by atoms with Crippen LogP contribution >= 0.6 is 0 Å². The standard InChI is InChI=1S/C12H17N5O/c1-9-4-15-17(7-9)10(2)5-14-12(18)11-6-13-8-16(11)3/h4,6-8,10H,5H2,1-3H3,(H,14,18)/t10-/m1/s1. The van der Waals surface area contributed by atoms with Crippen molar-refractivity contribution in [2.45, 2.75) is 19.9 Å². The molecule has 6 heteroatoms. The number of imidazole rings is 1. The van der Waals surface area contributed by atoms with Gasteiger partial charge in [-0.05, 0) is 19.4 Å². The van der Waals surface area contributed by atoms with Gasteiger partial charge in [-0.15, -0.1) is 0 Å². The molecule has 18 heavy (non-hydrogen) atoms. The molecule has 0 bridgehead atoms. The highest BCUT2D eigenvalue weighted by Gasteiger charge is 2.12. The molecular weight excluding hydrogens is 230 g/mol. The molecule has 0 unspecified atom stereocenters. The first-order chi connectivity index (χ1) is 8.58. The van der Waals surface area contributed by atoms with Crippen molar-refractivity contribution in [2.24, 2.45) is 7.05 Å². The minimum atomic E-state index is -0.120. The van der Waals surface area contributed by atoms with Crippen LogP contribution in [0, 0.1) is 6.92 Å². The van der Waals surface area contributed by atoms with Gasteiger partial charge in [-0.2, -0.15) is 5.10 Å². The Balaban J connectivity index is 1.92. The molecule has 2 heterocycles. The number of aryl methyl sites for hydroxylation is 2. The SMILES string of the molecule is Cc1cnn([C@H](C)CNC(=O)c2cncn2C)c1. The molecule has 1 amide bonds. The number of hydrogen-bond donors (Lipinski definition) is 1. The van der Waals surface area contributed by atoms with E-state index < -0.39 is 0 Å². The summed E-state index contributed by atoms with van der Waals surface area (Å²) in [5, 5.41) is 7.09. The van der Waals surface area contributed by atoms with Crippen molar-refractivity contribution in [1.82, 2.24) is 24.6 Å². The second-order valence-corrected chi connectivity index (χ2v) is 4.45. The Labute approximate surface area is 106 Å². The molecule has 0 aromatic carbocycles. The summed E-state index contributed by atoms with van der Waals surface area (Å²) in [6, 6.07) is 0.121. The van der Waals surface area contributed by atoms with Gasteiger partial charge in [-0.3, -0.25) is 9.48 Å². The highest BCUT2D eigenvalue weighted by Crippen LogP contribution is 2.05. The molecule has 2 rings (SSSR count). The summed E-state index contributed by atoms with van der Waals surface area (Å²) in [4.78, 5) is 15.8. The Kier molecular flexibility index (Phi) is 3.45. The summed E-state index contributed by atoms with van der Waals surface area (Å²) in [6.07, 6.45) is 6.92. The van der Waals surface area contributed by atoms with Gasteiger partial charge in [0.2, 0.25) is 0 Å². The van der Waals surface area contributed by atoms with E-state index in [0.717, 1.165) is 5.56 Å². The molecule has 6 nitrogen and oxygen atoms in total. The van der Waals surface area contributed by atoms with Crippen LogP contribution in [0.2, 0.25) is 0 Å². The summed E-state index contributed by atoms with van der Waals surface area (Å²) in [7, 11) is 1.79. The van der Waals surface area contributed by atoms with Gasteiger partial charge in [0.1, 0.15) is 5.69 Å². The van der Waals surface area contributed by atoms with E-state index in [1.54, 1.807) is 30.3 Å². The van der Waals surface area contributed by atoms with E-state index in [-0.39, 0.29) is 11.9 Å². The molecule has 1 atom stereocenters. The molecule has 0 aliphatic carbocycles. The normalized spacial score (nSPS) is 12.4. The second-order valence-electron chi connectivity index (χ2n) is 4.45. The molecule has 0 saturated carbocycles. The van der Waals surface area contributed by atoms with E-state index in [1.165, 1.54) is 0 Å². The first-order valence-corrected chi connectivity index (χ1v) is 5.83. The highest BCUT2D eigenvalue weighted by molar-refractivity contribution is 5.92. The van der Waals surface area contributed by atoms with Gasteiger partial charge in [0.05, 0.1) is 24.8 Å². The Morgan fingerprint density at radius 1 is 1.50 bits per heavy atom. The third-order valence-corrected chi connectivity index (χ3v) is 2.79. The van der Waals surface area contributed by atoms with Gasteiger partial charge < -0.3 is 9.88 Å². The lowest BCUT2D eigenvalue weighted by molar-refractivity contribution is 0.0939. The molecule has 0 spiro atoms. The number of rotatable bonds is 4. The minimum Gasteiger partial charge on any atom is -0.349 e. The average molecular weight is 247 g/mol. The number of aromatic nitrogens is 4. The molecule has 2 aromatic rings. The number of carbonyl (C=O) groups is 1. The molecule has 0 radical (unpaired) electrons. The molecule has 0 aliphatic heterocycles. The zero-order valence-corrected chi connectivity index (χ0v) is 10.8. The van der Waals surface area contributed by atoms with E-state index in [4.69, 9.17) is 0 Å². The van der Waals surface area contributed by atoms with Crippen LogP contribution in [0.3, 0.4) is 0 Å². The lowest BCUT2D eigenvalue weighted by Gasteiger charge is -2.13. The van der Waals surface area contributed by atoms with Crippen molar-refractivity contribution >= 4 is 5.91 Å². The van der Waals surface area contributed by atoms with Crippen LogP contribution in [0.25, 0.3) is 0 Å². The van der Waals surface area contributed by atoms with Crippen LogP contribution in [-0.4, -0.2) is 31.8 Å². The predicted molar refractivity (Wildman–Crippen MR) is 67.2 cm³/mol. The van der Waals surface area contributed by atoms with Gasteiger partial charge in [-0.25, -0.2) is 4.98 Å². The monoisotopic (exact) mass is 247 g/mol. The average Bonchev–Trinajstić information content (AvgIpc) is 2.94. The van der Waals surface area contributed by atoms with Crippen molar-refractivity contribution in [1.29, 1.82) is 0 Å². The summed E-state index contributed by atoms with van der Waals surface area (Å²) < 4.78 is 3.54. The molecular formula is C12H17N5O. The van der Waals surface area contributed by atoms with E-state index in [9.17, 15) is 4.79 Å². The van der Waals surface area contributed by atoms with Gasteiger partial charge in [-0.1, -0.05) is 0 Å². The van der Waals surface area contributed by atoms with E-state index in [1.807, 2.05) is 24.7 Å². The zero-order valence-electron chi connectivity index (χ0n) is 10.8. The third kappa shape index (κ3) is 2.58. The summed E-state index contributed by atoms with van der Waals surface area (Å²) in [6.45, 7) is 4.53. The van der Waals surface area contributed by atoms with Crippen LogP contribution in [0.1, 0.15) is 29.0 Å². The van der Waals surface area contributed by atoms with Crippen molar-refractivity contribution in [2.75, 3.05) is 6.54 Å². The second kappa shape index (κ2) is 5.03. The minimum absolute atomic E-state index is 0.120. The first kappa shape index (κ1) is 12.3.